The van der Waals surface area contributed by atoms with E-state index in [4.69, 9.17) is 11.6 Å². The van der Waals surface area contributed by atoms with Gasteiger partial charge in [-0.2, -0.15) is 0 Å². The second-order valence-electron chi connectivity index (χ2n) is 5.98. The highest BCUT2D eigenvalue weighted by molar-refractivity contribution is 7.99. The summed E-state index contributed by atoms with van der Waals surface area (Å²) in [5.41, 5.74) is 0.579. The lowest BCUT2D eigenvalue weighted by Gasteiger charge is -2.12. The Morgan fingerprint density at radius 2 is 1.84 bits per heavy atom. The summed E-state index contributed by atoms with van der Waals surface area (Å²) >= 11 is 6.82. The van der Waals surface area contributed by atoms with Crippen LogP contribution in [0.15, 0.2) is 70.7 Å². The molecule has 0 saturated heterocycles. The number of nitro groups is 1. The van der Waals surface area contributed by atoms with Crippen LogP contribution >= 0.6 is 23.4 Å². The van der Waals surface area contributed by atoms with Crippen molar-refractivity contribution in [2.75, 3.05) is 17.7 Å². The van der Waals surface area contributed by atoms with Crippen molar-refractivity contribution in [1.82, 2.24) is 4.98 Å². The van der Waals surface area contributed by atoms with Crippen molar-refractivity contribution in [3.05, 3.63) is 81.5 Å². The van der Waals surface area contributed by atoms with Crippen LogP contribution < -0.4 is 10.6 Å². The number of pyridine rings is 1. The van der Waals surface area contributed by atoms with Crippen molar-refractivity contribution in [3.8, 4) is 0 Å². The van der Waals surface area contributed by atoms with Gasteiger partial charge in [0.15, 0.2) is 5.03 Å². The molecule has 9 nitrogen and oxygen atoms in total. The minimum atomic E-state index is -0.729. The molecule has 0 spiro atoms. The maximum Gasteiger partial charge on any atom is 0.339 e. The molecule has 0 aliphatic carbocycles. The number of aromatic nitrogens is 1. The van der Waals surface area contributed by atoms with Gasteiger partial charge in [-0.1, -0.05) is 35.5 Å². The number of rotatable bonds is 6. The summed E-state index contributed by atoms with van der Waals surface area (Å²) in [6.45, 7) is 0. The fourth-order valence-corrected chi connectivity index (χ4v) is 3.51. The predicted molar refractivity (Wildman–Crippen MR) is 117 cm³/mol. The maximum atomic E-state index is 12.4. The van der Waals surface area contributed by atoms with E-state index < -0.39 is 16.9 Å². The van der Waals surface area contributed by atoms with Crippen molar-refractivity contribution in [3.63, 3.8) is 0 Å². The summed E-state index contributed by atoms with van der Waals surface area (Å²) in [6.07, 6.45) is 1.20. The number of urea groups is 1. The minimum Gasteiger partial charge on any atom is -0.465 e. The van der Waals surface area contributed by atoms with Gasteiger partial charge >= 0.3 is 17.7 Å². The van der Waals surface area contributed by atoms with Crippen LogP contribution in [0.2, 0.25) is 5.02 Å². The number of nitrogens with zero attached hydrogens (tertiary/aromatic N) is 2. The van der Waals surface area contributed by atoms with E-state index in [2.05, 4.69) is 20.4 Å². The molecule has 158 valence electrons. The van der Waals surface area contributed by atoms with Crippen LogP contribution in [0, 0.1) is 10.1 Å². The van der Waals surface area contributed by atoms with Crippen LogP contribution in [0.5, 0.6) is 0 Å². The SMILES string of the molecule is COC(=O)c1cnc(Sc2ccccc2NC(=O)Nc2ccc(Cl)cc2)c([N+](=O)[O-])c1. The van der Waals surface area contributed by atoms with Crippen LogP contribution in [-0.4, -0.2) is 29.0 Å². The highest BCUT2D eigenvalue weighted by atomic mass is 35.5. The smallest absolute Gasteiger partial charge is 0.339 e. The van der Waals surface area contributed by atoms with E-state index in [0.717, 1.165) is 17.8 Å². The second-order valence-corrected chi connectivity index (χ2v) is 7.45. The fraction of sp³-hybridized carbons (Fsp3) is 0.0500. The molecule has 31 heavy (non-hydrogen) atoms. The summed E-state index contributed by atoms with van der Waals surface area (Å²) in [4.78, 5) is 39.4. The molecule has 0 unspecified atom stereocenters. The number of carbonyl (C=O) groups is 2. The van der Waals surface area contributed by atoms with Crippen molar-refractivity contribution in [2.45, 2.75) is 9.92 Å². The number of benzene rings is 2. The van der Waals surface area contributed by atoms with Gasteiger partial charge in [0.2, 0.25) is 0 Å². The monoisotopic (exact) mass is 458 g/mol. The Morgan fingerprint density at radius 1 is 1.13 bits per heavy atom. The third-order valence-electron chi connectivity index (χ3n) is 3.89. The molecule has 3 aromatic rings. The number of hydrogen-bond donors (Lipinski definition) is 2. The number of methoxy groups -OCH3 is 1. The average Bonchev–Trinajstić information content (AvgIpc) is 2.76. The van der Waals surface area contributed by atoms with Gasteiger partial charge in [-0.25, -0.2) is 14.6 Å². The summed E-state index contributed by atoms with van der Waals surface area (Å²) in [5, 5.41) is 17.5. The molecular formula is C20H15ClN4O5S. The molecule has 2 N–H and O–H groups in total. The third kappa shape index (κ3) is 5.71. The Hall–Kier alpha value is -3.63. The van der Waals surface area contributed by atoms with E-state index in [-0.39, 0.29) is 16.3 Å². The molecular weight excluding hydrogens is 444 g/mol. The van der Waals surface area contributed by atoms with Gasteiger partial charge in [-0.15, -0.1) is 0 Å². The number of carbonyl (C=O) groups excluding carboxylic acids is 2. The van der Waals surface area contributed by atoms with E-state index in [1.807, 2.05) is 0 Å². The number of ether oxygens (including phenoxy) is 1. The third-order valence-corrected chi connectivity index (χ3v) is 5.23. The van der Waals surface area contributed by atoms with Gasteiger partial charge in [-0.05, 0) is 36.4 Å². The molecule has 0 saturated carbocycles. The first kappa shape index (κ1) is 22.1. The zero-order valence-corrected chi connectivity index (χ0v) is 17.6. The largest absolute Gasteiger partial charge is 0.465 e. The number of anilines is 2. The lowest BCUT2D eigenvalue weighted by Crippen LogP contribution is -2.19. The van der Waals surface area contributed by atoms with Crippen LogP contribution in [0.1, 0.15) is 10.4 Å². The Labute approximate surface area is 185 Å². The van der Waals surface area contributed by atoms with Gasteiger partial charge in [0, 0.05) is 27.9 Å². The second kappa shape index (κ2) is 9.92. The lowest BCUT2D eigenvalue weighted by molar-refractivity contribution is -0.388. The van der Waals surface area contributed by atoms with Crippen molar-refractivity contribution in [1.29, 1.82) is 0 Å². The zero-order chi connectivity index (χ0) is 22.4. The number of halogens is 1. The molecule has 0 aliphatic rings. The number of hydrogen-bond acceptors (Lipinski definition) is 7. The summed E-state index contributed by atoms with van der Waals surface area (Å²) in [7, 11) is 1.17. The molecule has 1 aromatic heterocycles. The summed E-state index contributed by atoms with van der Waals surface area (Å²) in [5.74, 6) is -0.729. The molecule has 3 rings (SSSR count). The van der Waals surface area contributed by atoms with Crippen molar-refractivity contribution in [2.24, 2.45) is 0 Å². The normalized spacial score (nSPS) is 10.3. The molecule has 0 bridgehead atoms. The van der Waals surface area contributed by atoms with Gasteiger partial charge in [0.1, 0.15) is 0 Å². The number of amides is 2. The molecule has 11 heteroatoms. The van der Waals surface area contributed by atoms with Crippen LogP contribution in [-0.2, 0) is 4.74 Å². The molecule has 1 heterocycles. The van der Waals surface area contributed by atoms with Crippen LogP contribution in [0.3, 0.4) is 0 Å². The van der Waals surface area contributed by atoms with Crippen molar-refractivity contribution < 1.29 is 19.2 Å². The molecule has 2 aromatic carbocycles. The van der Waals surface area contributed by atoms with Crippen LogP contribution in [0.4, 0.5) is 21.9 Å². The topological polar surface area (TPSA) is 123 Å². The number of para-hydroxylation sites is 1. The summed E-state index contributed by atoms with van der Waals surface area (Å²) in [6, 6.07) is 14.0. The number of nitrogens with one attached hydrogen (secondary N) is 2. The highest BCUT2D eigenvalue weighted by Crippen LogP contribution is 2.37. The predicted octanol–water partition coefficient (Wildman–Crippen LogP) is 5.23. The Bertz CT molecular complexity index is 1140. The Kier molecular flexibility index (Phi) is 7.06. The first-order chi connectivity index (χ1) is 14.9. The molecule has 0 atom stereocenters. The van der Waals surface area contributed by atoms with Gasteiger partial charge in [0.05, 0.1) is 23.3 Å². The Balaban J connectivity index is 1.82. The van der Waals surface area contributed by atoms with E-state index in [1.165, 1.54) is 13.3 Å². The summed E-state index contributed by atoms with van der Waals surface area (Å²) < 4.78 is 4.58. The van der Waals surface area contributed by atoms with E-state index >= 15 is 0 Å². The molecule has 0 fully saturated rings. The van der Waals surface area contributed by atoms with Gasteiger partial charge in [0.25, 0.3) is 0 Å². The highest BCUT2D eigenvalue weighted by Gasteiger charge is 2.21. The van der Waals surface area contributed by atoms with Gasteiger partial charge < -0.3 is 15.4 Å². The Morgan fingerprint density at radius 3 is 2.52 bits per heavy atom. The van der Waals surface area contributed by atoms with Gasteiger partial charge in [-0.3, -0.25) is 10.1 Å². The maximum absolute atomic E-state index is 12.4. The molecule has 2 amide bonds. The van der Waals surface area contributed by atoms with E-state index in [9.17, 15) is 19.7 Å². The first-order valence-electron chi connectivity index (χ1n) is 8.70. The minimum absolute atomic E-state index is 0.0349. The molecule has 0 radical (unpaired) electrons. The fourth-order valence-electron chi connectivity index (χ4n) is 2.46. The van der Waals surface area contributed by atoms with Crippen LogP contribution in [0.25, 0.3) is 0 Å². The lowest BCUT2D eigenvalue weighted by atomic mass is 10.3. The first-order valence-corrected chi connectivity index (χ1v) is 9.90. The van der Waals surface area contributed by atoms with Crippen molar-refractivity contribution >= 4 is 52.4 Å². The standard InChI is InChI=1S/C20H15ClN4O5S/c1-30-19(26)12-10-16(25(28)29)18(22-11-12)31-17-5-3-2-4-15(17)24-20(27)23-14-8-6-13(21)7-9-14/h2-11H,1H3,(H2,23,24,27). The van der Waals surface area contributed by atoms with E-state index in [0.29, 0.717) is 21.3 Å². The molecule has 0 aliphatic heterocycles. The number of esters is 1. The van der Waals surface area contributed by atoms with E-state index in [1.54, 1.807) is 48.5 Å². The average molecular weight is 459 g/mol. The zero-order valence-electron chi connectivity index (χ0n) is 16.0. The quantitative estimate of drug-likeness (QED) is 0.294.